The minimum atomic E-state index is -0.255. The van der Waals surface area contributed by atoms with Crippen LogP contribution in [-0.4, -0.2) is 50.9 Å². The number of benzene rings is 2. The van der Waals surface area contributed by atoms with Crippen LogP contribution in [0.25, 0.3) is 5.57 Å². The average molecular weight is 378 g/mol. The van der Waals surface area contributed by atoms with Crippen molar-refractivity contribution >= 4 is 17.2 Å². The van der Waals surface area contributed by atoms with E-state index in [1.54, 1.807) is 0 Å². The van der Waals surface area contributed by atoms with Crippen LogP contribution in [0, 0.1) is 5.92 Å². The van der Waals surface area contributed by atoms with Crippen molar-refractivity contribution in [1.82, 2.24) is 15.5 Å². The number of carbonyl (C=O) groups is 1. The zero-order valence-electron chi connectivity index (χ0n) is 16.3. The normalized spacial score (nSPS) is 21.3. The van der Waals surface area contributed by atoms with E-state index >= 15 is 0 Å². The first-order valence-corrected chi connectivity index (χ1v) is 9.57. The van der Waals surface area contributed by atoms with Crippen LogP contribution in [0.2, 0.25) is 0 Å². The summed E-state index contributed by atoms with van der Waals surface area (Å²) in [5.41, 5.74) is 3.11. The van der Waals surface area contributed by atoms with Crippen molar-refractivity contribution in [2.24, 2.45) is 5.92 Å². The van der Waals surface area contributed by atoms with Crippen LogP contribution in [0.1, 0.15) is 5.56 Å². The predicted octanol–water partition coefficient (Wildman–Crippen LogP) is 2.11. The smallest absolute Gasteiger partial charge is 0.232 e. The van der Waals surface area contributed by atoms with Gasteiger partial charge in [0.1, 0.15) is 18.5 Å². The molecule has 2 aliphatic heterocycles. The fourth-order valence-corrected chi connectivity index (χ4v) is 3.67. The van der Waals surface area contributed by atoms with Crippen LogP contribution < -0.4 is 20.3 Å². The number of fused-ring (bicyclic) bond motifs is 1. The minimum Gasteiger partial charge on any atom is -0.492 e. The molecule has 6 heteroatoms. The molecule has 1 fully saturated rings. The second-order valence-corrected chi connectivity index (χ2v) is 7.35. The number of rotatable bonds is 6. The van der Waals surface area contributed by atoms with Crippen LogP contribution in [0.5, 0.6) is 5.75 Å². The standard InChI is InChI=1S/C22H26N4O2/c1-25(2)12-13-28-18-10-8-16(9-11-18)19-14-26(17-6-4-3-5-7-17)21-20(19)22(27)24-15-23-21/h3-11,14,20-21,23H,12-13,15H2,1-2H3,(H,24,27). The van der Waals surface area contributed by atoms with Crippen molar-refractivity contribution in [3.05, 3.63) is 66.4 Å². The first-order valence-electron chi connectivity index (χ1n) is 9.57. The average Bonchev–Trinajstić information content (AvgIpc) is 3.10. The Labute approximate surface area is 165 Å². The van der Waals surface area contributed by atoms with Gasteiger partial charge in [-0.1, -0.05) is 30.3 Å². The number of likely N-dealkylation sites (N-methyl/N-ethyl adjacent to an activating group) is 1. The summed E-state index contributed by atoms with van der Waals surface area (Å²) >= 11 is 0. The largest absolute Gasteiger partial charge is 0.492 e. The molecule has 0 bridgehead atoms. The van der Waals surface area contributed by atoms with Gasteiger partial charge in [-0.3, -0.25) is 10.1 Å². The van der Waals surface area contributed by atoms with Crippen molar-refractivity contribution < 1.29 is 9.53 Å². The Bertz CT molecular complexity index is 849. The monoisotopic (exact) mass is 378 g/mol. The lowest BCUT2D eigenvalue weighted by Gasteiger charge is -2.34. The van der Waals surface area contributed by atoms with E-state index in [9.17, 15) is 4.79 Å². The molecule has 2 aliphatic rings. The molecule has 146 valence electrons. The van der Waals surface area contributed by atoms with Crippen LogP contribution >= 0.6 is 0 Å². The highest BCUT2D eigenvalue weighted by Crippen LogP contribution is 2.38. The first kappa shape index (κ1) is 18.5. The molecule has 4 rings (SSSR count). The molecule has 2 unspecified atom stereocenters. The van der Waals surface area contributed by atoms with Crippen molar-refractivity contribution in [2.45, 2.75) is 6.17 Å². The number of carbonyl (C=O) groups excluding carboxylic acids is 1. The van der Waals surface area contributed by atoms with Gasteiger partial charge in [0, 0.05) is 18.4 Å². The molecule has 0 aliphatic carbocycles. The highest BCUT2D eigenvalue weighted by molar-refractivity contribution is 5.96. The second-order valence-electron chi connectivity index (χ2n) is 7.35. The van der Waals surface area contributed by atoms with Gasteiger partial charge in [0.05, 0.1) is 12.6 Å². The Morgan fingerprint density at radius 1 is 1.11 bits per heavy atom. The lowest BCUT2D eigenvalue weighted by Crippen LogP contribution is -2.58. The number of nitrogens with one attached hydrogen (secondary N) is 2. The summed E-state index contributed by atoms with van der Waals surface area (Å²) in [7, 11) is 4.05. The maximum absolute atomic E-state index is 12.7. The Hall–Kier alpha value is -2.83. The summed E-state index contributed by atoms with van der Waals surface area (Å²) in [5.74, 6) is 0.640. The lowest BCUT2D eigenvalue weighted by molar-refractivity contribution is -0.125. The number of hydrogen-bond acceptors (Lipinski definition) is 5. The summed E-state index contributed by atoms with van der Waals surface area (Å²) in [4.78, 5) is 16.9. The predicted molar refractivity (Wildman–Crippen MR) is 111 cm³/mol. The number of para-hydroxylation sites is 1. The third-order valence-electron chi connectivity index (χ3n) is 5.13. The van der Waals surface area contributed by atoms with Gasteiger partial charge in [0.15, 0.2) is 0 Å². The van der Waals surface area contributed by atoms with Gasteiger partial charge in [-0.2, -0.15) is 0 Å². The molecular weight excluding hydrogens is 352 g/mol. The Balaban J connectivity index is 1.59. The van der Waals surface area contributed by atoms with E-state index in [0.29, 0.717) is 13.3 Å². The van der Waals surface area contributed by atoms with Gasteiger partial charge in [-0.05, 0) is 49.5 Å². The quantitative estimate of drug-likeness (QED) is 0.806. The molecule has 1 amide bonds. The van der Waals surface area contributed by atoms with Crippen LogP contribution in [0.15, 0.2) is 60.8 Å². The Morgan fingerprint density at radius 2 is 1.86 bits per heavy atom. The molecule has 0 radical (unpaired) electrons. The molecule has 6 nitrogen and oxygen atoms in total. The molecule has 2 heterocycles. The molecule has 0 aromatic heterocycles. The molecule has 1 saturated heterocycles. The highest BCUT2D eigenvalue weighted by atomic mass is 16.5. The zero-order chi connectivity index (χ0) is 19.5. The van der Waals surface area contributed by atoms with Crippen LogP contribution in [0.3, 0.4) is 0 Å². The van der Waals surface area contributed by atoms with Gasteiger partial charge < -0.3 is 19.9 Å². The van der Waals surface area contributed by atoms with Gasteiger partial charge in [0.25, 0.3) is 0 Å². The summed E-state index contributed by atoms with van der Waals surface area (Å²) in [6.45, 7) is 1.99. The molecule has 28 heavy (non-hydrogen) atoms. The lowest BCUT2D eigenvalue weighted by atomic mass is 9.91. The Kier molecular flexibility index (Phi) is 5.32. The fraction of sp³-hybridized carbons (Fsp3) is 0.318. The van der Waals surface area contributed by atoms with Gasteiger partial charge in [0.2, 0.25) is 5.91 Å². The molecule has 0 saturated carbocycles. The molecule has 2 aromatic rings. The minimum absolute atomic E-state index is 0.0553. The Morgan fingerprint density at radius 3 is 2.57 bits per heavy atom. The van der Waals surface area contributed by atoms with Crippen molar-refractivity contribution in [2.75, 3.05) is 38.8 Å². The van der Waals surface area contributed by atoms with Gasteiger partial charge in [-0.25, -0.2) is 0 Å². The first-order chi connectivity index (χ1) is 13.6. The maximum atomic E-state index is 12.7. The van der Waals surface area contributed by atoms with E-state index in [1.165, 1.54) is 0 Å². The van der Waals surface area contributed by atoms with E-state index in [-0.39, 0.29) is 18.0 Å². The maximum Gasteiger partial charge on any atom is 0.232 e. The molecule has 2 N–H and O–H groups in total. The van der Waals surface area contributed by atoms with Gasteiger partial charge in [-0.15, -0.1) is 0 Å². The van der Waals surface area contributed by atoms with Crippen LogP contribution in [-0.2, 0) is 4.79 Å². The topological polar surface area (TPSA) is 56.8 Å². The third kappa shape index (κ3) is 3.74. The third-order valence-corrected chi connectivity index (χ3v) is 5.13. The number of anilines is 1. The summed E-state index contributed by atoms with van der Waals surface area (Å²) in [5, 5.41) is 6.35. The van der Waals surface area contributed by atoms with Crippen LogP contribution in [0.4, 0.5) is 5.69 Å². The summed E-state index contributed by atoms with van der Waals surface area (Å²) in [6.07, 6.45) is 2.01. The van der Waals surface area contributed by atoms with E-state index in [2.05, 4.69) is 38.8 Å². The number of ether oxygens (including phenoxy) is 1. The van der Waals surface area contributed by atoms with Crippen molar-refractivity contribution in [3.8, 4) is 5.75 Å². The fourth-order valence-electron chi connectivity index (χ4n) is 3.67. The number of nitrogens with zero attached hydrogens (tertiary/aromatic N) is 2. The SMILES string of the molecule is CN(C)CCOc1ccc(C2=CN(c3ccccc3)C3NCNC(=O)C23)cc1. The van der Waals surface area contributed by atoms with E-state index in [0.717, 1.165) is 29.1 Å². The molecule has 2 aromatic carbocycles. The highest BCUT2D eigenvalue weighted by Gasteiger charge is 2.43. The van der Waals surface area contributed by atoms with Crippen molar-refractivity contribution in [3.63, 3.8) is 0 Å². The van der Waals surface area contributed by atoms with E-state index in [4.69, 9.17) is 4.74 Å². The molecule has 2 atom stereocenters. The number of hydrogen-bond donors (Lipinski definition) is 2. The molecular formula is C22H26N4O2. The second kappa shape index (κ2) is 8.04. The number of amides is 1. The summed E-state index contributed by atoms with van der Waals surface area (Å²) < 4.78 is 5.79. The van der Waals surface area contributed by atoms with E-state index < -0.39 is 0 Å². The molecule has 0 spiro atoms. The van der Waals surface area contributed by atoms with Gasteiger partial charge >= 0.3 is 0 Å². The zero-order valence-corrected chi connectivity index (χ0v) is 16.3. The van der Waals surface area contributed by atoms with Crippen molar-refractivity contribution in [1.29, 1.82) is 0 Å². The van der Waals surface area contributed by atoms with E-state index in [1.807, 2.05) is 56.6 Å². The summed E-state index contributed by atoms with van der Waals surface area (Å²) in [6, 6.07) is 18.2.